The fourth-order valence-corrected chi connectivity index (χ4v) is 4.20. The standard InChI is InChI=1S/C21H22N2O2S/c24-21(23-14-15-5-2-1-3-6-15)20-13-17-18(7-4-8-19(17)26-20)25-16-9-11-22-12-10-16/h1-8,13,16,22H,9-12,14H2,(H,23,24). The maximum absolute atomic E-state index is 12.5. The fourth-order valence-electron chi connectivity index (χ4n) is 3.21. The van der Waals surface area contributed by atoms with Crippen LogP contribution in [0.4, 0.5) is 0 Å². The van der Waals surface area contributed by atoms with Crippen molar-refractivity contribution in [1.82, 2.24) is 10.6 Å². The zero-order chi connectivity index (χ0) is 17.8. The molecule has 1 aliphatic rings. The fraction of sp³-hybridized carbons (Fsp3) is 0.286. The van der Waals surface area contributed by atoms with Gasteiger partial charge in [0.05, 0.1) is 4.88 Å². The summed E-state index contributed by atoms with van der Waals surface area (Å²) in [5.41, 5.74) is 1.09. The lowest BCUT2D eigenvalue weighted by molar-refractivity contribution is 0.0955. The Balaban J connectivity index is 1.49. The molecule has 0 unspecified atom stereocenters. The summed E-state index contributed by atoms with van der Waals surface area (Å²) >= 11 is 1.51. The maximum atomic E-state index is 12.5. The number of fused-ring (bicyclic) bond motifs is 1. The van der Waals surface area contributed by atoms with Gasteiger partial charge in [0.1, 0.15) is 11.9 Å². The number of nitrogens with one attached hydrogen (secondary N) is 2. The predicted molar refractivity (Wildman–Crippen MR) is 106 cm³/mol. The monoisotopic (exact) mass is 366 g/mol. The predicted octanol–water partition coefficient (Wildman–Crippen LogP) is 3.96. The summed E-state index contributed by atoms with van der Waals surface area (Å²) in [5, 5.41) is 7.38. The van der Waals surface area contributed by atoms with Crippen molar-refractivity contribution in [2.45, 2.75) is 25.5 Å². The first-order chi connectivity index (χ1) is 12.8. The number of hydrogen-bond acceptors (Lipinski definition) is 4. The van der Waals surface area contributed by atoms with Gasteiger partial charge in [-0.25, -0.2) is 0 Å². The van der Waals surface area contributed by atoms with Crippen molar-refractivity contribution in [2.75, 3.05) is 13.1 Å². The Kier molecular flexibility index (Phi) is 5.18. The normalized spacial score (nSPS) is 15.1. The minimum atomic E-state index is -0.0390. The van der Waals surface area contributed by atoms with E-state index in [2.05, 4.69) is 10.6 Å². The Morgan fingerprint density at radius 2 is 1.92 bits per heavy atom. The molecule has 134 valence electrons. The molecule has 2 heterocycles. The third kappa shape index (κ3) is 3.89. The third-order valence-electron chi connectivity index (χ3n) is 4.62. The van der Waals surface area contributed by atoms with Gasteiger partial charge in [-0.15, -0.1) is 11.3 Å². The molecular weight excluding hydrogens is 344 g/mol. The van der Waals surface area contributed by atoms with Crippen molar-refractivity contribution < 1.29 is 9.53 Å². The van der Waals surface area contributed by atoms with Crippen LogP contribution in [-0.2, 0) is 6.54 Å². The highest BCUT2D eigenvalue weighted by atomic mass is 32.1. The second-order valence-electron chi connectivity index (χ2n) is 6.51. The van der Waals surface area contributed by atoms with Crippen LogP contribution in [0.1, 0.15) is 28.1 Å². The number of carbonyl (C=O) groups excluding carboxylic acids is 1. The topological polar surface area (TPSA) is 50.4 Å². The summed E-state index contributed by atoms with van der Waals surface area (Å²) in [6.07, 6.45) is 2.28. The van der Waals surface area contributed by atoms with Crippen LogP contribution < -0.4 is 15.4 Å². The molecule has 2 N–H and O–H groups in total. The van der Waals surface area contributed by atoms with E-state index in [0.29, 0.717) is 6.54 Å². The van der Waals surface area contributed by atoms with E-state index >= 15 is 0 Å². The molecule has 0 atom stereocenters. The maximum Gasteiger partial charge on any atom is 0.261 e. The van der Waals surface area contributed by atoms with Gasteiger partial charge in [0.2, 0.25) is 0 Å². The van der Waals surface area contributed by atoms with Gasteiger partial charge in [-0.05, 0) is 49.7 Å². The van der Waals surface area contributed by atoms with Crippen molar-refractivity contribution in [3.05, 3.63) is 65.0 Å². The molecule has 0 aliphatic carbocycles. The van der Waals surface area contributed by atoms with E-state index in [1.807, 2.05) is 54.6 Å². The molecule has 26 heavy (non-hydrogen) atoms. The highest BCUT2D eigenvalue weighted by Gasteiger charge is 2.17. The lowest BCUT2D eigenvalue weighted by Gasteiger charge is -2.24. The van der Waals surface area contributed by atoms with Crippen LogP contribution in [0.25, 0.3) is 10.1 Å². The highest BCUT2D eigenvalue weighted by Crippen LogP contribution is 2.34. The summed E-state index contributed by atoms with van der Waals surface area (Å²) < 4.78 is 7.31. The van der Waals surface area contributed by atoms with Gasteiger partial charge in [0.15, 0.2) is 0 Å². The molecular formula is C21H22N2O2S. The zero-order valence-corrected chi connectivity index (χ0v) is 15.4. The first-order valence-electron chi connectivity index (χ1n) is 9.01. The quantitative estimate of drug-likeness (QED) is 0.719. The highest BCUT2D eigenvalue weighted by molar-refractivity contribution is 7.20. The van der Waals surface area contributed by atoms with Gasteiger partial charge < -0.3 is 15.4 Å². The van der Waals surface area contributed by atoms with Crippen molar-refractivity contribution in [3.8, 4) is 5.75 Å². The number of rotatable bonds is 5. The first-order valence-corrected chi connectivity index (χ1v) is 9.83. The summed E-state index contributed by atoms with van der Waals surface area (Å²) in [4.78, 5) is 13.3. The number of hydrogen-bond donors (Lipinski definition) is 2. The van der Waals surface area contributed by atoms with E-state index in [-0.39, 0.29) is 12.0 Å². The number of amides is 1. The lowest BCUT2D eigenvalue weighted by atomic mass is 10.1. The van der Waals surface area contributed by atoms with E-state index in [1.165, 1.54) is 11.3 Å². The van der Waals surface area contributed by atoms with Crippen LogP contribution in [-0.4, -0.2) is 25.1 Å². The summed E-state index contributed by atoms with van der Waals surface area (Å²) in [5.74, 6) is 0.843. The number of ether oxygens (including phenoxy) is 1. The molecule has 4 nitrogen and oxygen atoms in total. The number of piperidine rings is 1. The first kappa shape index (κ1) is 17.1. The third-order valence-corrected chi connectivity index (χ3v) is 5.72. The molecule has 1 amide bonds. The second kappa shape index (κ2) is 7.89. The molecule has 5 heteroatoms. The van der Waals surface area contributed by atoms with Crippen LogP contribution in [0, 0.1) is 0 Å². The van der Waals surface area contributed by atoms with Gasteiger partial charge in [-0.3, -0.25) is 4.79 Å². The van der Waals surface area contributed by atoms with Crippen molar-refractivity contribution in [1.29, 1.82) is 0 Å². The van der Waals surface area contributed by atoms with Gasteiger partial charge in [0, 0.05) is 16.6 Å². The Morgan fingerprint density at radius 1 is 1.12 bits per heavy atom. The van der Waals surface area contributed by atoms with Crippen LogP contribution in [0.5, 0.6) is 5.75 Å². The molecule has 1 saturated heterocycles. The van der Waals surface area contributed by atoms with Crippen LogP contribution in [0.2, 0.25) is 0 Å². The Bertz CT molecular complexity index is 885. The van der Waals surface area contributed by atoms with Crippen LogP contribution in [0.3, 0.4) is 0 Å². The van der Waals surface area contributed by atoms with Crippen molar-refractivity contribution in [3.63, 3.8) is 0 Å². The smallest absolute Gasteiger partial charge is 0.261 e. The van der Waals surface area contributed by atoms with Gasteiger partial charge >= 0.3 is 0 Å². The summed E-state index contributed by atoms with van der Waals surface area (Å²) in [6, 6.07) is 18.0. The molecule has 0 radical (unpaired) electrons. The van der Waals surface area contributed by atoms with Gasteiger partial charge in [-0.2, -0.15) is 0 Å². The van der Waals surface area contributed by atoms with Crippen molar-refractivity contribution in [2.24, 2.45) is 0 Å². The van der Waals surface area contributed by atoms with E-state index in [9.17, 15) is 4.79 Å². The molecule has 3 aromatic rings. The molecule has 1 aliphatic heterocycles. The minimum Gasteiger partial charge on any atom is -0.490 e. The van der Waals surface area contributed by atoms with E-state index in [1.54, 1.807) is 0 Å². The molecule has 0 saturated carbocycles. The molecule has 1 aromatic heterocycles. The average Bonchev–Trinajstić information content (AvgIpc) is 3.13. The largest absolute Gasteiger partial charge is 0.490 e. The molecule has 0 spiro atoms. The van der Waals surface area contributed by atoms with Crippen LogP contribution in [0.15, 0.2) is 54.6 Å². The SMILES string of the molecule is O=C(NCc1ccccc1)c1cc2c(OC3CCNCC3)cccc2s1. The Hall–Kier alpha value is -2.37. The van der Waals surface area contributed by atoms with Crippen LogP contribution >= 0.6 is 11.3 Å². The summed E-state index contributed by atoms with van der Waals surface area (Å²) in [7, 11) is 0. The Morgan fingerprint density at radius 3 is 2.73 bits per heavy atom. The average molecular weight is 366 g/mol. The van der Waals surface area contributed by atoms with Crippen molar-refractivity contribution >= 4 is 27.3 Å². The Labute approximate surface area is 157 Å². The molecule has 2 aromatic carbocycles. The van der Waals surface area contributed by atoms with Gasteiger partial charge in [0.25, 0.3) is 5.91 Å². The van der Waals surface area contributed by atoms with E-state index in [0.717, 1.165) is 52.2 Å². The lowest BCUT2D eigenvalue weighted by Crippen LogP contribution is -2.34. The van der Waals surface area contributed by atoms with Gasteiger partial charge in [-0.1, -0.05) is 36.4 Å². The number of thiophene rings is 1. The van der Waals surface area contributed by atoms with E-state index < -0.39 is 0 Å². The number of benzene rings is 2. The summed E-state index contributed by atoms with van der Waals surface area (Å²) in [6.45, 7) is 2.53. The number of carbonyl (C=O) groups is 1. The minimum absolute atomic E-state index is 0.0390. The van der Waals surface area contributed by atoms with E-state index in [4.69, 9.17) is 4.74 Å². The molecule has 0 bridgehead atoms. The second-order valence-corrected chi connectivity index (χ2v) is 7.60. The zero-order valence-electron chi connectivity index (χ0n) is 14.5. The molecule has 1 fully saturated rings. The molecule has 4 rings (SSSR count).